The van der Waals surface area contributed by atoms with Crippen molar-refractivity contribution in [2.24, 2.45) is 0 Å². The molecule has 0 saturated heterocycles. The Hall–Kier alpha value is -0.810. The lowest BCUT2D eigenvalue weighted by atomic mass is 10.2. The molecule has 0 heterocycles. The van der Waals surface area contributed by atoms with E-state index in [1.165, 1.54) is 18.2 Å². The fraction of sp³-hybridized carbons (Fsp3) is 0.222. The van der Waals surface area contributed by atoms with Crippen molar-refractivity contribution in [1.82, 2.24) is 0 Å². The lowest BCUT2D eigenvalue weighted by Gasteiger charge is -2.06. The fourth-order valence-corrected chi connectivity index (χ4v) is 4.68. The summed E-state index contributed by atoms with van der Waals surface area (Å²) in [7, 11) is -2.90. The van der Waals surface area contributed by atoms with Gasteiger partial charge in [-0.2, -0.15) is 5.26 Å². The van der Waals surface area contributed by atoms with E-state index in [9.17, 15) is 16.8 Å². The minimum atomic E-state index is -3.93. The fourth-order valence-electron chi connectivity index (χ4n) is 1.19. The number of hydrogen-bond acceptors (Lipinski definition) is 5. The van der Waals surface area contributed by atoms with Crippen LogP contribution >= 0.6 is 22.3 Å². The number of sulfone groups is 1. The summed E-state index contributed by atoms with van der Waals surface area (Å²) in [6.45, 7) is 0. The molecule has 0 fully saturated rings. The third kappa shape index (κ3) is 3.85. The van der Waals surface area contributed by atoms with Gasteiger partial charge in [-0.15, -0.1) is 0 Å². The predicted octanol–water partition coefficient (Wildman–Crippen LogP) is 1.55. The van der Waals surface area contributed by atoms with Crippen molar-refractivity contribution < 1.29 is 16.8 Å². The van der Waals surface area contributed by atoms with Crippen molar-refractivity contribution in [3.63, 3.8) is 0 Å². The SMILES string of the molecule is N#Cc1c(Cl)cccc1S(=O)(=O)CCS(=O)(=O)Cl. The number of halogens is 2. The van der Waals surface area contributed by atoms with E-state index in [2.05, 4.69) is 0 Å². The monoisotopic (exact) mass is 327 g/mol. The zero-order chi connectivity index (χ0) is 14.0. The highest BCUT2D eigenvalue weighted by Crippen LogP contribution is 2.24. The van der Waals surface area contributed by atoms with Crippen LogP contribution in [0, 0.1) is 11.3 Å². The Kier molecular flexibility index (Phi) is 4.61. The lowest BCUT2D eigenvalue weighted by Crippen LogP contribution is -2.15. The highest BCUT2D eigenvalue weighted by atomic mass is 35.7. The number of nitrogens with zero attached hydrogens (tertiary/aromatic N) is 1. The second-order valence-corrected chi connectivity index (χ2v) is 8.67. The van der Waals surface area contributed by atoms with Gasteiger partial charge in [0.15, 0.2) is 9.84 Å². The molecular weight excluding hydrogens is 321 g/mol. The van der Waals surface area contributed by atoms with Crippen molar-refractivity contribution in [2.45, 2.75) is 4.90 Å². The maximum atomic E-state index is 11.9. The van der Waals surface area contributed by atoms with Gasteiger partial charge in [0.05, 0.1) is 27.0 Å². The van der Waals surface area contributed by atoms with E-state index >= 15 is 0 Å². The van der Waals surface area contributed by atoms with Crippen LogP contribution in [0.1, 0.15) is 5.56 Å². The van der Waals surface area contributed by atoms with Gasteiger partial charge in [0, 0.05) is 10.7 Å². The van der Waals surface area contributed by atoms with Gasteiger partial charge >= 0.3 is 0 Å². The Morgan fingerprint density at radius 2 is 1.78 bits per heavy atom. The molecule has 0 atom stereocenters. The van der Waals surface area contributed by atoms with Crippen molar-refractivity contribution in [3.8, 4) is 6.07 Å². The first-order chi connectivity index (χ1) is 8.17. The summed E-state index contributed by atoms with van der Waals surface area (Å²) in [6.07, 6.45) is 0. The van der Waals surface area contributed by atoms with Gasteiger partial charge in [0.1, 0.15) is 6.07 Å². The Bertz CT molecular complexity index is 705. The zero-order valence-corrected chi connectivity index (χ0v) is 11.9. The Morgan fingerprint density at radius 1 is 1.17 bits per heavy atom. The van der Waals surface area contributed by atoms with Crippen molar-refractivity contribution in [1.29, 1.82) is 5.26 Å². The summed E-state index contributed by atoms with van der Waals surface area (Å²) in [4.78, 5) is -0.294. The van der Waals surface area contributed by atoms with E-state index in [4.69, 9.17) is 27.5 Å². The smallest absolute Gasteiger partial charge is 0.224 e. The van der Waals surface area contributed by atoms with Gasteiger partial charge in [-0.1, -0.05) is 17.7 Å². The summed E-state index contributed by atoms with van der Waals surface area (Å²) in [6, 6.07) is 5.61. The second kappa shape index (κ2) is 5.45. The third-order valence-electron chi connectivity index (χ3n) is 2.02. The molecule has 0 aromatic heterocycles. The van der Waals surface area contributed by atoms with Crippen LogP contribution < -0.4 is 0 Å². The molecule has 98 valence electrons. The number of hydrogen-bond donors (Lipinski definition) is 0. The minimum absolute atomic E-state index is 0.00712. The quantitative estimate of drug-likeness (QED) is 0.782. The molecule has 0 bridgehead atoms. The van der Waals surface area contributed by atoms with Crippen LogP contribution in [-0.4, -0.2) is 28.3 Å². The van der Waals surface area contributed by atoms with Crippen LogP contribution in [-0.2, 0) is 18.9 Å². The first kappa shape index (κ1) is 15.2. The van der Waals surface area contributed by atoms with Crippen LogP contribution in [0.4, 0.5) is 0 Å². The molecule has 9 heteroatoms. The molecule has 0 N–H and O–H groups in total. The molecule has 0 radical (unpaired) electrons. The summed E-state index contributed by atoms with van der Waals surface area (Å²) in [5.41, 5.74) is -0.203. The number of nitriles is 1. The molecule has 1 rings (SSSR count). The van der Waals surface area contributed by atoms with Crippen LogP contribution in [0.25, 0.3) is 0 Å². The molecule has 5 nitrogen and oxygen atoms in total. The molecule has 0 aliphatic carbocycles. The molecule has 18 heavy (non-hydrogen) atoms. The molecule has 0 aliphatic heterocycles. The number of benzene rings is 1. The van der Waals surface area contributed by atoms with E-state index < -0.39 is 30.4 Å². The van der Waals surface area contributed by atoms with E-state index in [0.29, 0.717) is 0 Å². The molecule has 0 spiro atoms. The third-order valence-corrected chi connectivity index (χ3v) is 5.50. The van der Waals surface area contributed by atoms with Gasteiger partial charge in [-0.25, -0.2) is 16.8 Å². The second-order valence-electron chi connectivity index (χ2n) is 3.29. The van der Waals surface area contributed by atoms with Crippen LogP contribution in [0.2, 0.25) is 5.02 Å². The average molecular weight is 328 g/mol. The summed E-state index contributed by atoms with van der Waals surface area (Å²) >= 11 is 5.69. The van der Waals surface area contributed by atoms with Gasteiger partial charge in [-0.05, 0) is 12.1 Å². The van der Waals surface area contributed by atoms with Crippen molar-refractivity contribution in [3.05, 3.63) is 28.8 Å². The first-order valence-corrected chi connectivity index (χ1v) is 9.02. The highest BCUT2D eigenvalue weighted by molar-refractivity contribution is 8.14. The van der Waals surface area contributed by atoms with Crippen molar-refractivity contribution in [2.75, 3.05) is 11.5 Å². The molecule has 1 aromatic rings. The predicted molar refractivity (Wildman–Crippen MR) is 67.9 cm³/mol. The molecule has 0 saturated carbocycles. The van der Waals surface area contributed by atoms with E-state index in [0.717, 1.165) is 0 Å². The van der Waals surface area contributed by atoms with Crippen molar-refractivity contribution >= 4 is 41.2 Å². The highest BCUT2D eigenvalue weighted by Gasteiger charge is 2.22. The van der Waals surface area contributed by atoms with Crippen LogP contribution in [0.3, 0.4) is 0 Å². The Labute approximate surface area is 114 Å². The Balaban J connectivity index is 3.23. The minimum Gasteiger partial charge on any atom is -0.224 e. The molecule has 0 unspecified atom stereocenters. The summed E-state index contributed by atoms with van der Waals surface area (Å²) < 4.78 is 45.2. The van der Waals surface area contributed by atoms with Crippen LogP contribution in [0.15, 0.2) is 23.1 Å². The maximum Gasteiger partial charge on any atom is 0.233 e. The largest absolute Gasteiger partial charge is 0.233 e. The van der Waals surface area contributed by atoms with E-state index in [1.807, 2.05) is 0 Å². The van der Waals surface area contributed by atoms with Gasteiger partial charge in [0.25, 0.3) is 0 Å². The molecule has 1 aromatic carbocycles. The number of rotatable bonds is 4. The summed E-state index contributed by atoms with van der Waals surface area (Å²) in [5.74, 6) is -1.43. The van der Waals surface area contributed by atoms with Gasteiger partial charge in [-0.3, -0.25) is 0 Å². The maximum absolute atomic E-state index is 11.9. The topological polar surface area (TPSA) is 92.1 Å². The molecular formula is C9H7Cl2NO4S2. The summed E-state index contributed by atoms with van der Waals surface area (Å²) in [5, 5.41) is 8.84. The van der Waals surface area contributed by atoms with Crippen LogP contribution in [0.5, 0.6) is 0 Å². The molecule has 0 amide bonds. The average Bonchev–Trinajstić information content (AvgIpc) is 2.25. The Morgan fingerprint density at radius 3 is 2.28 bits per heavy atom. The van der Waals surface area contributed by atoms with Gasteiger partial charge < -0.3 is 0 Å². The van der Waals surface area contributed by atoms with Gasteiger partial charge in [0.2, 0.25) is 9.05 Å². The normalized spacial score (nSPS) is 12.1. The van der Waals surface area contributed by atoms with E-state index in [-0.39, 0.29) is 15.5 Å². The molecule has 0 aliphatic rings. The standard InChI is InChI=1S/C9H7Cl2NO4S2/c10-8-2-1-3-9(7(8)6-12)17(13,14)4-5-18(11,15)16/h1-3H,4-5H2. The lowest BCUT2D eigenvalue weighted by molar-refractivity contribution is 0.592. The zero-order valence-electron chi connectivity index (χ0n) is 8.80. The first-order valence-electron chi connectivity index (χ1n) is 4.51. The van der Waals surface area contributed by atoms with E-state index in [1.54, 1.807) is 6.07 Å².